The smallest absolute Gasteiger partial charge is 0.194 e. The number of nitrogens with two attached hydrogens (primary N) is 1. The van der Waals surface area contributed by atoms with Crippen LogP contribution in [0.3, 0.4) is 0 Å². The fraction of sp³-hybridized carbons (Fsp3) is 0.200. The molecule has 0 aliphatic heterocycles. The second kappa shape index (κ2) is 3.73. The molecule has 16 heavy (non-hydrogen) atoms. The number of nitrogens with one attached hydrogen (secondary N) is 1. The standard InChI is InChI=1S/C10H11N5S/c11-3-1-7-5-15-9(6-16-10(15)13-7)8-2-4-12-14-8/h2,4-6H,1,3,11H2,(H,12,14). The van der Waals surface area contributed by atoms with Crippen molar-refractivity contribution in [2.45, 2.75) is 6.42 Å². The summed E-state index contributed by atoms with van der Waals surface area (Å²) in [5.74, 6) is 0. The van der Waals surface area contributed by atoms with Gasteiger partial charge in [-0.2, -0.15) is 5.10 Å². The molecule has 3 heterocycles. The minimum absolute atomic E-state index is 0.629. The van der Waals surface area contributed by atoms with Gasteiger partial charge in [0.1, 0.15) is 0 Å². The summed E-state index contributed by atoms with van der Waals surface area (Å²) < 4.78 is 2.07. The Morgan fingerprint density at radius 2 is 2.44 bits per heavy atom. The van der Waals surface area contributed by atoms with Crippen molar-refractivity contribution in [2.24, 2.45) is 5.73 Å². The molecule has 82 valence electrons. The second-order valence-electron chi connectivity index (χ2n) is 3.51. The van der Waals surface area contributed by atoms with Crippen LogP contribution in [0, 0.1) is 0 Å². The monoisotopic (exact) mass is 233 g/mol. The number of H-pyrrole nitrogens is 1. The van der Waals surface area contributed by atoms with Crippen molar-refractivity contribution < 1.29 is 0 Å². The van der Waals surface area contributed by atoms with Crippen molar-refractivity contribution in [3.8, 4) is 11.4 Å². The highest BCUT2D eigenvalue weighted by molar-refractivity contribution is 7.15. The lowest BCUT2D eigenvalue weighted by atomic mass is 10.3. The Balaban J connectivity index is 2.12. The van der Waals surface area contributed by atoms with Crippen LogP contribution >= 0.6 is 11.3 Å². The van der Waals surface area contributed by atoms with Gasteiger partial charge in [0.25, 0.3) is 0 Å². The Bertz CT molecular complexity index is 592. The SMILES string of the molecule is NCCc1cn2c(-c3ccn[nH]3)csc2n1. The lowest BCUT2D eigenvalue weighted by Crippen LogP contribution is -2.02. The van der Waals surface area contributed by atoms with Gasteiger partial charge in [0.05, 0.1) is 17.1 Å². The molecule has 0 aliphatic rings. The molecule has 0 saturated carbocycles. The lowest BCUT2D eigenvalue weighted by Gasteiger charge is -1.93. The maximum atomic E-state index is 5.52. The Labute approximate surface area is 95.9 Å². The second-order valence-corrected chi connectivity index (χ2v) is 4.35. The highest BCUT2D eigenvalue weighted by Gasteiger charge is 2.09. The summed E-state index contributed by atoms with van der Waals surface area (Å²) in [7, 11) is 0. The van der Waals surface area contributed by atoms with Crippen molar-refractivity contribution >= 4 is 16.3 Å². The molecule has 0 bridgehead atoms. The molecule has 3 rings (SSSR count). The molecule has 0 saturated heterocycles. The van der Waals surface area contributed by atoms with Crippen LogP contribution in [-0.4, -0.2) is 26.1 Å². The molecular weight excluding hydrogens is 222 g/mol. The fourth-order valence-corrected chi connectivity index (χ4v) is 2.58. The predicted octanol–water partition coefficient (Wildman–Crippen LogP) is 1.29. The van der Waals surface area contributed by atoms with E-state index >= 15 is 0 Å². The zero-order valence-electron chi connectivity index (χ0n) is 8.55. The van der Waals surface area contributed by atoms with Crippen LogP contribution in [0.5, 0.6) is 0 Å². The summed E-state index contributed by atoms with van der Waals surface area (Å²) in [6.07, 6.45) is 4.60. The van der Waals surface area contributed by atoms with E-state index in [1.54, 1.807) is 17.5 Å². The van der Waals surface area contributed by atoms with E-state index in [2.05, 4.69) is 25.0 Å². The Morgan fingerprint density at radius 3 is 3.19 bits per heavy atom. The number of hydrogen-bond acceptors (Lipinski definition) is 4. The summed E-state index contributed by atoms with van der Waals surface area (Å²) in [4.78, 5) is 5.49. The van der Waals surface area contributed by atoms with Crippen LogP contribution in [0.25, 0.3) is 16.3 Å². The van der Waals surface area contributed by atoms with E-state index in [0.29, 0.717) is 6.54 Å². The molecule has 0 aliphatic carbocycles. The average Bonchev–Trinajstić information content (AvgIpc) is 2.90. The Morgan fingerprint density at radius 1 is 1.50 bits per heavy atom. The van der Waals surface area contributed by atoms with Gasteiger partial charge in [0, 0.05) is 24.2 Å². The van der Waals surface area contributed by atoms with Gasteiger partial charge in [0.15, 0.2) is 4.96 Å². The largest absolute Gasteiger partial charge is 0.330 e. The zero-order valence-corrected chi connectivity index (χ0v) is 9.37. The van der Waals surface area contributed by atoms with E-state index in [-0.39, 0.29) is 0 Å². The van der Waals surface area contributed by atoms with E-state index in [1.165, 1.54) is 0 Å². The molecule has 6 heteroatoms. The van der Waals surface area contributed by atoms with Gasteiger partial charge in [-0.05, 0) is 12.6 Å². The van der Waals surface area contributed by atoms with Crippen LogP contribution in [0.2, 0.25) is 0 Å². The topological polar surface area (TPSA) is 72.0 Å². The van der Waals surface area contributed by atoms with Crippen molar-refractivity contribution in [1.82, 2.24) is 19.6 Å². The highest BCUT2D eigenvalue weighted by Crippen LogP contribution is 2.24. The lowest BCUT2D eigenvalue weighted by molar-refractivity contribution is 0.937. The zero-order chi connectivity index (χ0) is 11.0. The number of aromatic nitrogens is 4. The van der Waals surface area contributed by atoms with Gasteiger partial charge >= 0.3 is 0 Å². The van der Waals surface area contributed by atoms with E-state index in [0.717, 1.165) is 28.5 Å². The molecule has 0 unspecified atom stereocenters. The molecule has 0 amide bonds. The highest BCUT2D eigenvalue weighted by atomic mass is 32.1. The number of fused-ring (bicyclic) bond motifs is 1. The maximum absolute atomic E-state index is 5.52. The van der Waals surface area contributed by atoms with Crippen LogP contribution in [0.15, 0.2) is 23.8 Å². The minimum Gasteiger partial charge on any atom is -0.330 e. The first kappa shape index (κ1) is 9.56. The number of nitrogens with zero attached hydrogens (tertiary/aromatic N) is 3. The molecular formula is C10H11N5S. The number of thiazole rings is 1. The molecule has 3 aromatic heterocycles. The quantitative estimate of drug-likeness (QED) is 0.716. The normalized spacial score (nSPS) is 11.3. The fourth-order valence-electron chi connectivity index (χ4n) is 1.69. The van der Waals surface area contributed by atoms with Gasteiger partial charge in [0.2, 0.25) is 0 Å². The molecule has 0 radical (unpaired) electrons. The first-order chi connectivity index (χ1) is 7.88. The Hall–Kier alpha value is -1.66. The van der Waals surface area contributed by atoms with Crippen molar-refractivity contribution in [1.29, 1.82) is 0 Å². The molecule has 3 aromatic rings. The molecule has 3 N–H and O–H groups in total. The van der Waals surface area contributed by atoms with Gasteiger partial charge in [-0.15, -0.1) is 11.3 Å². The first-order valence-electron chi connectivity index (χ1n) is 5.04. The van der Waals surface area contributed by atoms with Crippen molar-refractivity contribution in [3.63, 3.8) is 0 Å². The number of imidazole rings is 1. The summed E-state index contributed by atoms with van der Waals surface area (Å²) >= 11 is 1.62. The van der Waals surface area contributed by atoms with Gasteiger partial charge in [-0.1, -0.05) is 0 Å². The molecule has 0 spiro atoms. The Kier molecular flexibility index (Phi) is 2.23. The van der Waals surface area contributed by atoms with Crippen molar-refractivity contribution in [2.75, 3.05) is 6.54 Å². The number of hydrogen-bond donors (Lipinski definition) is 2. The molecule has 0 atom stereocenters. The summed E-state index contributed by atoms with van der Waals surface area (Å²) in [6, 6.07) is 1.95. The van der Waals surface area contributed by atoms with Gasteiger partial charge < -0.3 is 5.73 Å². The summed E-state index contributed by atoms with van der Waals surface area (Å²) in [5, 5.41) is 8.98. The average molecular weight is 233 g/mol. The van der Waals surface area contributed by atoms with Crippen LogP contribution < -0.4 is 5.73 Å². The van der Waals surface area contributed by atoms with E-state index in [1.807, 2.05) is 12.3 Å². The van der Waals surface area contributed by atoms with E-state index in [4.69, 9.17) is 5.73 Å². The number of aromatic amines is 1. The molecule has 0 fully saturated rings. The van der Waals surface area contributed by atoms with E-state index in [9.17, 15) is 0 Å². The number of rotatable bonds is 3. The third-order valence-electron chi connectivity index (χ3n) is 2.44. The molecule has 0 aromatic carbocycles. The third-order valence-corrected chi connectivity index (χ3v) is 3.28. The third kappa shape index (κ3) is 1.43. The summed E-state index contributed by atoms with van der Waals surface area (Å²) in [5.41, 5.74) is 8.65. The van der Waals surface area contributed by atoms with Crippen LogP contribution in [0.1, 0.15) is 5.69 Å². The maximum Gasteiger partial charge on any atom is 0.194 e. The molecule has 5 nitrogen and oxygen atoms in total. The predicted molar refractivity (Wildman–Crippen MR) is 63.4 cm³/mol. The van der Waals surface area contributed by atoms with Crippen molar-refractivity contribution in [3.05, 3.63) is 29.5 Å². The van der Waals surface area contributed by atoms with Gasteiger partial charge in [-0.3, -0.25) is 9.50 Å². The first-order valence-corrected chi connectivity index (χ1v) is 5.92. The van der Waals surface area contributed by atoms with Crippen LogP contribution in [-0.2, 0) is 6.42 Å². The van der Waals surface area contributed by atoms with Gasteiger partial charge in [-0.25, -0.2) is 4.98 Å². The van der Waals surface area contributed by atoms with Crippen LogP contribution in [0.4, 0.5) is 0 Å². The van der Waals surface area contributed by atoms with E-state index < -0.39 is 0 Å². The minimum atomic E-state index is 0.629. The summed E-state index contributed by atoms with van der Waals surface area (Å²) in [6.45, 7) is 0.629.